The van der Waals surface area contributed by atoms with Crippen LogP contribution in [-0.4, -0.2) is 80.1 Å². The predicted molar refractivity (Wildman–Crippen MR) is 176 cm³/mol. The lowest BCUT2D eigenvalue weighted by Gasteiger charge is -2.41. The summed E-state index contributed by atoms with van der Waals surface area (Å²) in [5, 5.41) is 4.45. The molecule has 244 valence electrons. The molecule has 7 rings (SSSR count). The fourth-order valence-corrected chi connectivity index (χ4v) is 8.94. The number of alkyl halides is 1. The normalized spacial score (nSPS) is 30.0. The summed E-state index contributed by atoms with van der Waals surface area (Å²) in [6.45, 7) is 8.99. The van der Waals surface area contributed by atoms with Crippen molar-refractivity contribution in [1.82, 2.24) is 25.0 Å². The van der Waals surface area contributed by atoms with Crippen molar-refractivity contribution in [3.05, 3.63) is 74.3 Å². The van der Waals surface area contributed by atoms with Gasteiger partial charge in [0.1, 0.15) is 33.6 Å². The number of carbonyl (C=O) groups is 2. The number of carbonyl (C=O) groups excluding carboxylic acids is 2. The zero-order chi connectivity index (χ0) is 32.7. The molecule has 2 amide bonds. The molecule has 1 aliphatic carbocycles. The Morgan fingerprint density at radius 3 is 2.57 bits per heavy atom. The standard InChI is InChI=1S/C33H36Cl2F2N6O2S/c1-17(2)26-27(30(45)41-15-21(36)12-24(41)29(44)42-16-33(9-10-33)39-13-18(42)3)46-31-40-32(4,20-6-8-25(35)38-14-20)28(43(26)31)19-5-7-22(34)23(37)11-19/h5-8,11,14,17-18,21,24,28,39H,9-10,12-13,15-16H2,1-4H3/t18?,21-,24+,28-,32+/m1/s1. The molecule has 2 saturated heterocycles. The van der Waals surface area contributed by atoms with Crippen LogP contribution in [0.25, 0.3) is 0 Å². The van der Waals surface area contributed by atoms with E-state index in [0.29, 0.717) is 39.6 Å². The zero-order valence-corrected chi connectivity index (χ0v) is 28.4. The summed E-state index contributed by atoms with van der Waals surface area (Å²) in [5.74, 6) is -1.31. The van der Waals surface area contributed by atoms with Gasteiger partial charge in [-0.15, -0.1) is 0 Å². The Morgan fingerprint density at radius 2 is 1.91 bits per heavy atom. The van der Waals surface area contributed by atoms with E-state index in [1.807, 2.05) is 43.6 Å². The highest BCUT2D eigenvalue weighted by Gasteiger charge is 2.55. The number of amides is 2. The molecule has 1 aromatic carbocycles. The second-order valence-corrected chi connectivity index (χ2v) is 15.4. The number of thioether (sulfide) groups is 1. The van der Waals surface area contributed by atoms with E-state index in [-0.39, 0.29) is 47.3 Å². The smallest absolute Gasteiger partial charge is 0.263 e. The molecule has 1 N–H and O–H groups in total. The molecule has 8 nitrogen and oxygen atoms in total. The first kappa shape index (κ1) is 31.8. The van der Waals surface area contributed by atoms with Crippen LogP contribution in [0.5, 0.6) is 0 Å². The maximum absolute atomic E-state index is 15.1. The second-order valence-electron chi connectivity index (χ2n) is 13.6. The molecule has 1 spiro atoms. The van der Waals surface area contributed by atoms with Crippen molar-refractivity contribution in [1.29, 1.82) is 0 Å². The lowest BCUT2D eigenvalue weighted by Crippen LogP contribution is -2.61. The Kier molecular flexibility index (Phi) is 7.93. The summed E-state index contributed by atoms with van der Waals surface area (Å²) in [6.07, 6.45) is 2.34. The predicted octanol–water partition coefficient (Wildman–Crippen LogP) is 6.06. The van der Waals surface area contributed by atoms with E-state index in [9.17, 15) is 14.0 Å². The number of piperazine rings is 1. The first-order valence-electron chi connectivity index (χ1n) is 15.7. The molecule has 4 aliphatic heterocycles. The van der Waals surface area contributed by atoms with Crippen LogP contribution in [-0.2, 0) is 15.1 Å². The Hall–Kier alpha value is -2.73. The highest BCUT2D eigenvalue weighted by molar-refractivity contribution is 8.18. The van der Waals surface area contributed by atoms with Gasteiger partial charge in [0, 0.05) is 48.5 Å². The van der Waals surface area contributed by atoms with Crippen LogP contribution < -0.4 is 5.32 Å². The van der Waals surface area contributed by atoms with Gasteiger partial charge >= 0.3 is 0 Å². The number of halogens is 4. The van der Waals surface area contributed by atoms with Gasteiger partial charge in [0.25, 0.3) is 5.91 Å². The van der Waals surface area contributed by atoms with Gasteiger partial charge in [0.2, 0.25) is 5.91 Å². The molecule has 1 aromatic heterocycles. The molecule has 46 heavy (non-hydrogen) atoms. The van der Waals surface area contributed by atoms with Crippen LogP contribution in [0, 0.1) is 11.7 Å². The highest BCUT2D eigenvalue weighted by atomic mass is 35.5. The minimum absolute atomic E-state index is 0.000899. The van der Waals surface area contributed by atoms with Crippen LogP contribution in [0.2, 0.25) is 10.2 Å². The number of pyridine rings is 1. The summed E-state index contributed by atoms with van der Waals surface area (Å²) in [6, 6.07) is 6.72. The van der Waals surface area contributed by atoms with Crippen molar-refractivity contribution < 1.29 is 18.4 Å². The van der Waals surface area contributed by atoms with Gasteiger partial charge in [-0.05, 0) is 68.1 Å². The van der Waals surface area contributed by atoms with Crippen molar-refractivity contribution in [2.24, 2.45) is 10.9 Å². The molecule has 5 aliphatic rings. The Morgan fingerprint density at radius 1 is 1.15 bits per heavy atom. The van der Waals surface area contributed by atoms with Gasteiger partial charge in [-0.2, -0.15) is 0 Å². The van der Waals surface area contributed by atoms with Crippen molar-refractivity contribution in [2.45, 2.75) is 82.3 Å². The number of benzene rings is 1. The van der Waals surface area contributed by atoms with Crippen molar-refractivity contribution in [3.63, 3.8) is 0 Å². The SMILES string of the molecule is CC(C)C1=C(C(=O)N2C[C@H](F)C[C@H]2C(=O)N2CC3(CC3)NCC2C)SC2=N[C@@](C)(c3ccc(Cl)nc3)[C@@H](c3ccc(Cl)c(F)c3)N21. The number of hydrogen-bond donors (Lipinski definition) is 1. The number of rotatable bonds is 5. The molecule has 5 heterocycles. The van der Waals surface area contributed by atoms with E-state index in [1.54, 1.807) is 18.3 Å². The van der Waals surface area contributed by atoms with Crippen molar-refractivity contribution in [2.75, 3.05) is 19.6 Å². The molecule has 1 unspecified atom stereocenters. The number of fused-ring (bicyclic) bond motifs is 1. The number of likely N-dealkylation sites (tertiary alicyclic amines) is 1. The van der Waals surface area contributed by atoms with Crippen LogP contribution in [0.4, 0.5) is 8.78 Å². The summed E-state index contributed by atoms with van der Waals surface area (Å²) in [5.41, 5.74) is 1.10. The first-order chi connectivity index (χ1) is 21.8. The Bertz CT molecular complexity index is 1670. The van der Waals surface area contributed by atoms with Crippen LogP contribution >= 0.6 is 35.0 Å². The van der Waals surface area contributed by atoms with Gasteiger partial charge in [-0.25, -0.2) is 18.8 Å². The van der Waals surface area contributed by atoms with Crippen LogP contribution in [0.1, 0.15) is 64.1 Å². The third-order valence-corrected chi connectivity index (χ3v) is 11.6. The molecule has 5 atom stereocenters. The fraction of sp³-hybridized carbons (Fsp3) is 0.515. The van der Waals surface area contributed by atoms with Gasteiger partial charge < -0.3 is 20.0 Å². The largest absolute Gasteiger partial charge is 0.335 e. The van der Waals surface area contributed by atoms with Crippen LogP contribution in [0.3, 0.4) is 0 Å². The fourth-order valence-electron chi connectivity index (χ4n) is 7.35. The maximum atomic E-state index is 15.1. The second kappa shape index (κ2) is 11.5. The quantitative estimate of drug-likeness (QED) is 0.385. The number of allylic oxidation sites excluding steroid dienone is 1. The Labute approximate surface area is 281 Å². The minimum atomic E-state index is -1.30. The van der Waals surface area contributed by atoms with E-state index in [2.05, 4.69) is 10.3 Å². The molecule has 0 radical (unpaired) electrons. The number of amidine groups is 1. The topological polar surface area (TPSA) is 81.1 Å². The molecule has 1 saturated carbocycles. The summed E-state index contributed by atoms with van der Waals surface area (Å²) in [4.78, 5) is 43.6. The average molecular weight is 690 g/mol. The summed E-state index contributed by atoms with van der Waals surface area (Å²) in [7, 11) is 0. The molecule has 13 heteroatoms. The number of hydrogen-bond acceptors (Lipinski definition) is 7. The summed E-state index contributed by atoms with van der Waals surface area (Å²) < 4.78 is 30.1. The molecule has 0 bridgehead atoms. The van der Waals surface area contributed by atoms with E-state index in [1.165, 1.54) is 28.8 Å². The van der Waals surface area contributed by atoms with E-state index >= 15 is 4.39 Å². The van der Waals surface area contributed by atoms with Crippen molar-refractivity contribution >= 4 is 51.9 Å². The molecular weight excluding hydrogens is 653 g/mol. The van der Waals surface area contributed by atoms with Gasteiger partial charge in [-0.3, -0.25) is 9.59 Å². The van der Waals surface area contributed by atoms with E-state index in [0.717, 1.165) is 18.4 Å². The third-order valence-electron chi connectivity index (χ3n) is 10.0. The third kappa shape index (κ3) is 5.22. The monoisotopic (exact) mass is 688 g/mol. The first-order valence-corrected chi connectivity index (χ1v) is 17.3. The highest BCUT2D eigenvalue weighted by Crippen LogP contribution is 2.56. The van der Waals surface area contributed by atoms with E-state index in [4.69, 9.17) is 28.2 Å². The number of nitrogens with zero attached hydrogens (tertiary/aromatic N) is 5. The number of aliphatic imine (C=N–C) groups is 1. The number of aromatic nitrogens is 1. The zero-order valence-electron chi connectivity index (χ0n) is 26.1. The van der Waals surface area contributed by atoms with Crippen LogP contribution in [0.15, 0.2) is 52.1 Å². The van der Waals surface area contributed by atoms with Gasteiger partial charge in [-0.1, -0.05) is 49.2 Å². The molecule has 2 aromatic rings. The summed E-state index contributed by atoms with van der Waals surface area (Å²) >= 11 is 13.4. The van der Waals surface area contributed by atoms with Gasteiger partial charge in [0.15, 0.2) is 5.17 Å². The molecule has 3 fully saturated rings. The lowest BCUT2D eigenvalue weighted by molar-refractivity contribution is -0.144. The average Bonchev–Trinajstić information content (AvgIpc) is 3.34. The molecular formula is C33H36Cl2F2N6O2S. The van der Waals surface area contributed by atoms with E-state index < -0.39 is 29.6 Å². The minimum Gasteiger partial charge on any atom is -0.335 e. The van der Waals surface area contributed by atoms with Gasteiger partial charge in [0.05, 0.1) is 17.6 Å². The van der Waals surface area contributed by atoms with Crippen molar-refractivity contribution in [3.8, 4) is 0 Å². The Balaban J connectivity index is 1.27. The lowest BCUT2D eigenvalue weighted by atomic mass is 9.81. The number of nitrogens with one attached hydrogen (secondary N) is 1. The maximum Gasteiger partial charge on any atom is 0.263 e.